The van der Waals surface area contributed by atoms with E-state index in [-0.39, 0.29) is 35.2 Å². The third-order valence-corrected chi connectivity index (χ3v) is 5.17. The predicted molar refractivity (Wildman–Crippen MR) is 136 cm³/mol. The van der Waals surface area contributed by atoms with Crippen LogP contribution in [0.2, 0.25) is 0 Å². The second-order valence-electron chi connectivity index (χ2n) is 7.95. The highest BCUT2D eigenvalue weighted by Gasteiger charge is 2.21. The molecule has 0 unspecified atom stereocenters. The summed E-state index contributed by atoms with van der Waals surface area (Å²) in [5.41, 5.74) is 1.97. The molecule has 1 heterocycles. The Bertz CT molecular complexity index is 969. The quantitative estimate of drug-likeness (QED) is 0.256. The Morgan fingerprint density at radius 3 is 2.58 bits per heavy atom. The number of aliphatic imine (C=N–C) groups is 1. The molecule has 7 heteroatoms. The topological polar surface area (TPSA) is 54.2 Å². The van der Waals surface area contributed by atoms with E-state index < -0.39 is 0 Å². The van der Waals surface area contributed by atoms with Crippen molar-refractivity contribution in [3.8, 4) is 0 Å². The molecular formula is C24H31FIN5. The first-order valence-corrected chi connectivity index (χ1v) is 10.2. The highest BCUT2D eigenvalue weighted by molar-refractivity contribution is 14.0. The fourth-order valence-electron chi connectivity index (χ4n) is 3.32. The molecule has 2 N–H and O–H groups in total. The molecule has 31 heavy (non-hydrogen) atoms. The first-order valence-electron chi connectivity index (χ1n) is 10.2. The summed E-state index contributed by atoms with van der Waals surface area (Å²) in [6.45, 7) is 6.33. The zero-order chi connectivity index (χ0) is 21.4. The predicted octanol–water partition coefficient (Wildman–Crippen LogP) is 4.37. The van der Waals surface area contributed by atoms with Gasteiger partial charge in [0.2, 0.25) is 0 Å². The summed E-state index contributed by atoms with van der Waals surface area (Å²) in [6.07, 6.45) is 4.64. The maximum absolute atomic E-state index is 13.6. The SMILES string of the molecule is CN=C(NCCc1nccn1Cc1ccccc1)NCC(C)(C)c1cccc(F)c1.I. The highest BCUT2D eigenvalue weighted by Crippen LogP contribution is 2.22. The molecule has 166 valence electrons. The Labute approximate surface area is 201 Å². The van der Waals surface area contributed by atoms with Crippen LogP contribution in [0.1, 0.15) is 30.8 Å². The van der Waals surface area contributed by atoms with E-state index >= 15 is 0 Å². The molecule has 5 nitrogen and oxygen atoms in total. The van der Waals surface area contributed by atoms with Gasteiger partial charge in [-0.25, -0.2) is 9.37 Å². The van der Waals surface area contributed by atoms with Gasteiger partial charge < -0.3 is 15.2 Å². The van der Waals surface area contributed by atoms with Crippen LogP contribution in [-0.4, -0.2) is 35.6 Å². The van der Waals surface area contributed by atoms with Crippen molar-refractivity contribution < 1.29 is 4.39 Å². The smallest absolute Gasteiger partial charge is 0.191 e. The lowest BCUT2D eigenvalue weighted by Crippen LogP contribution is -2.44. The molecule has 0 bridgehead atoms. The van der Waals surface area contributed by atoms with E-state index in [1.165, 1.54) is 11.6 Å². The monoisotopic (exact) mass is 535 g/mol. The lowest BCUT2D eigenvalue weighted by atomic mass is 9.84. The van der Waals surface area contributed by atoms with E-state index in [1.54, 1.807) is 19.2 Å². The average Bonchev–Trinajstić information content (AvgIpc) is 3.18. The Kier molecular flexibility index (Phi) is 9.48. The average molecular weight is 535 g/mol. The molecule has 2 aromatic carbocycles. The summed E-state index contributed by atoms with van der Waals surface area (Å²) < 4.78 is 15.7. The molecule has 3 aromatic rings. The molecule has 0 saturated carbocycles. The number of nitrogens with zero attached hydrogens (tertiary/aromatic N) is 3. The molecular weight excluding hydrogens is 504 g/mol. The van der Waals surface area contributed by atoms with E-state index in [9.17, 15) is 4.39 Å². The molecule has 0 saturated heterocycles. The van der Waals surface area contributed by atoms with Crippen LogP contribution in [0, 0.1) is 5.82 Å². The van der Waals surface area contributed by atoms with Crippen molar-refractivity contribution in [3.05, 3.63) is 89.8 Å². The number of guanidine groups is 1. The zero-order valence-corrected chi connectivity index (χ0v) is 20.6. The van der Waals surface area contributed by atoms with Crippen LogP contribution in [0.4, 0.5) is 4.39 Å². The van der Waals surface area contributed by atoms with Crippen molar-refractivity contribution >= 4 is 29.9 Å². The number of halogens is 2. The highest BCUT2D eigenvalue weighted by atomic mass is 127. The minimum absolute atomic E-state index is 0. The molecule has 0 spiro atoms. The van der Waals surface area contributed by atoms with Crippen molar-refractivity contribution in [1.29, 1.82) is 0 Å². The molecule has 3 rings (SSSR count). The van der Waals surface area contributed by atoms with Gasteiger partial charge in [0.25, 0.3) is 0 Å². The maximum atomic E-state index is 13.6. The lowest BCUT2D eigenvalue weighted by molar-refractivity contribution is 0.503. The summed E-state index contributed by atoms with van der Waals surface area (Å²) in [7, 11) is 1.75. The Hall–Kier alpha value is -2.42. The Balaban J connectivity index is 0.00000341. The number of hydrogen-bond donors (Lipinski definition) is 2. The molecule has 0 radical (unpaired) electrons. The number of imidazole rings is 1. The number of nitrogens with one attached hydrogen (secondary N) is 2. The number of benzene rings is 2. The van der Waals surface area contributed by atoms with Crippen LogP contribution in [0.3, 0.4) is 0 Å². The van der Waals surface area contributed by atoms with Crippen LogP contribution < -0.4 is 10.6 Å². The number of rotatable bonds is 8. The van der Waals surface area contributed by atoms with Crippen molar-refractivity contribution in [2.45, 2.75) is 32.2 Å². The molecule has 0 aliphatic rings. The fraction of sp³-hybridized carbons (Fsp3) is 0.333. The van der Waals surface area contributed by atoms with Crippen molar-refractivity contribution in [2.24, 2.45) is 4.99 Å². The van der Waals surface area contributed by atoms with Gasteiger partial charge in [-0.15, -0.1) is 24.0 Å². The first kappa shape index (κ1) is 24.8. The summed E-state index contributed by atoms with van der Waals surface area (Å²) in [4.78, 5) is 8.80. The van der Waals surface area contributed by atoms with Gasteiger partial charge in [0, 0.05) is 50.9 Å². The largest absolute Gasteiger partial charge is 0.356 e. The van der Waals surface area contributed by atoms with Gasteiger partial charge in [0.1, 0.15) is 11.6 Å². The van der Waals surface area contributed by atoms with E-state index in [4.69, 9.17) is 0 Å². The summed E-state index contributed by atoms with van der Waals surface area (Å²) >= 11 is 0. The normalized spacial score (nSPS) is 11.7. The van der Waals surface area contributed by atoms with E-state index in [0.717, 1.165) is 30.3 Å². The summed E-state index contributed by atoms with van der Waals surface area (Å²) in [5.74, 6) is 1.54. The third-order valence-electron chi connectivity index (χ3n) is 5.17. The van der Waals surface area contributed by atoms with Crippen LogP contribution in [0.25, 0.3) is 0 Å². The maximum Gasteiger partial charge on any atom is 0.191 e. The summed E-state index contributed by atoms with van der Waals surface area (Å²) in [6, 6.07) is 17.1. The Morgan fingerprint density at radius 1 is 1.10 bits per heavy atom. The van der Waals surface area contributed by atoms with Gasteiger partial charge in [0.15, 0.2) is 5.96 Å². The first-order chi connectivity index (χ1) is 14.5. The van der Waals surface area contributed by atoms with Gasteiger partial charge in [-0.2, -0.15) is 0 Å². The van der Waals surface area contributed by atoms with Crippen molar-refractivity contribution in [2.75, 3.05) is 20.1 Å². The molecule has 1 aromatic heterocycles. The molecule has 0 fully saturated rings. The third kappa shape index (κ3) is 7.34. The van der Waals surface area contributed by atoms with Crippen LogP contribution in [0.15, 0.2) is 72.0 Å². The fourth-order valence-corrected chi connectivity index (χ4v) is 3.32. The zero-order valence-electron chi connectivity index (χ0n) is 18.3. The minimum Gasteiger partial charge on any atom is -0.356 e. The summed E-state index contributed by atoms with van der Waals surface area (Å²) in [5, 5.41) is 6.70. The van der Waals surface area contributed by atoms with E-state index in [2.05, 4.69) is 63.3 Å². The van der Waals surface area contributed by atoms with Crippen molar-refractivity contribution in [3.63, 3.8) is 0 Å². The second-order valence-corrected chi connectivity index (χ2v) is 7.95. The molecule has 0 aliphatic heterocycles. The number of hydrogen-bond acceptors (Lipinski definition) is 2. The van der Waals surface area contributed by atoms with Gasteiger partial charge in [-0.05, 0) is 23.3 Å². The second kappa shape index (κ2) is 11.8. The number of aromatic nitrogens is 2. The molecule has 0 amide bonds. The lowest BCUT2D eigenvalue weighted by Gasteiger charge is -2.27. The van der Waals surface area contributed by atoms with E-state index in [0.29, 0.717) is 13.1 Å². The minimum atomic E-state index is -0.230. The van der Waals surface area contributed by atoms with Gasteiger partial charge >= 0.3 is 0 Å². The van der Waals surface area contributed by atoms with Gasteiger partial charge in [-0.1, -0.05) is 56.3 Å². The van der Waals surface area contributed by atoms with Crippen molar-refractivity contribution in [1.82, 2.24) is 20.2 Å². The van der Waals surface area contributed by atoms with Crippen LogP contribution >= 0.6 is 24.0 Å². The Morgan fingerprint density at radius 2 is 1.87 bits per heavy atom. The van der Waals surface area contributed by atoms with E-state index in [1.807, 2.05) is 24.5 Å². The van der Waals surface area contributed by atoms with Crippen LogP contribution in [0.5, 0.6) is 0 Å². The van der Waals surface area contributed by atoms with Crippen LogP contribution in [-0.2, 0) is 18.4 Å². The van der Waals surface area contributed by atoms with Gasteiger partial charge in [-0.3, -0.25) is 4.99 Å². The standard InChI is InChI=1S/C24H30FN5.HI/c1-24(2,20-10-7-11-21(25)16-20)18-29-23(26-3)28-13-12-22-27-14-15-30(22)17-19-8-5-4-6-9-19;/h4-11,14-16H,12-13,17-18H2,1-3H3,(H2,26,28,29);1H. The molecule has 0 atom stereocenters. The van der Waals surface area contributed by atoms with Gasteiger partial charge in [0.05, 0.1) is 0 Å². The molecule has 0 aliphatic carbocycles.